The Labute approximate surface area is 123 Å². The van der Waals surface area contributed by atoms with Crippen molar-refractivity contribution in [2.24, 2.45) is 0 Å². The first kappa shape index (κ1) is 12.5. The largest absolute Gasteiger partial charge is 0.368 e. The highest BCUT2D eigenvalue weighted by atomic mass is 35.5. The van der Waals surface area contributed by atoms with Crippen molar-refractivity contribution < 1.29 is 0 Å². The maximum absolute atomic E-state index is 6.12. The molecule has 0 fully saturated rings. The van der Waals surface area contributed by atoms with Gasteiger partial charge in [-0.3, -0.25) is 0 Å². The Balaban J connectivity index is 2.10. The van der Waals surface area contributed by atoms with Crippen molar-refractivity contribution in [3.8, 4) is 0 Å². The molecule has 0 saturated carbocycles. The quantitative estimate of drug-likeness (QED) is 0.739. The van der Waals surface area contributed by atoms with E-state index in [4.69, 9.17) is 28.9 Å². The summed E-state index contributed by atoms with van der Waals surface area (Å²) in [7, 11) is 0. The van der Waals surface area contributed by atoms with E-state index in [9.17, 15) is 0 Å². The molecule has 0 amide bonds. The molecule has 0 aliphatic carbocycles. The minimum Gasteiger partial charge on any atom is -0.368 e. The van der Waals surface area contributed by atoms with Crippen molar-refractivity contribution in [2.75, 3.05) is 11.1 Å². The number of nitrogens with one attached hydrogen (secondary N) is 1. The maximum atomic E-state index is 6.12. The minimum absolute atomic E-state index is 0.218. The average Bonchev–Trinajstić information content (AvgIpc) is 2.82. The number of rotatable bonds is 2. The van der Waals surface area contributed by atoms with Gasteiger partial charge >= 0.3 is 0 Å². The van der Waals surface area contributed by atoms with Crippen LogP contribution in [-0.2, 0) is 0 Å². The van der Waals surface area contributed by atoms with Crippen molar-refractivity contribution >= 4 is 62.2 Å². The summed E-state index contributed by atoms with van der Waals surface area (Å²) in [4.78, 5) is 9.19. The number of anilines is 3. The predicted molar refractivity (Wildman–Crippen MR) is 81.6 cm³/mol. The van der Waals surface area contributed by atoms with Crippen LogP contribution in [0.4, 0.5) is 17.5 Å². The molecular formula is C12H8Cl2N4S. The third-order valence-electron chi connectivity index (χ3n) is 2.52. The number of halogens is 2. The lowest BCUT2D eigenvalue weighted by atomic mass is 10.3. The molecule has 2 heterocycles. The predicted octanol–water partition coefficient (Wildman–Crippen LogP) is 4.32. The highest BCUT2D eigenvalue weighted by Gasteiger charge is 2.09. The number of thiophene rings is 1. The molecule has 0 bridgehead atoms. The van der Waals surface area contributed by atoms with E-state index in [1.54, 1.807) is 18.2 Å². The van der Waals surface area contributed by atoms with Gasteiger partial charge in [-0.05, 0) is 29.6 Å². The third-order valence-corrected chi connectivity index (χ3v) is 3.90. The van der Waals surface area contributed by atoms with Crippen LogP contribution in [0.1, 0.15) is 0 Å². The Morgan fingerprint density at radius 2 is 2.00 bits per heavy atom. The number of fused-ring (bicyclic) bond motifs is 1. The smallest absolute Gasteiger partial charge is 0.223 e. The van der Waals surface area contributed by atoms with Crippen LogP contribution < -0.4 is 11.1 Å². The Kier molecular flexibility index (Phi) is 3.18. The Hall–Kier alpha value is -1.56. The van der Waals surface area contributed by atoms with Gasteiger partial charge in [0.1, 0.15) is 10.6 Å². The summed E-state index contributed by atoms with van der Waals surface area (Å²) in [6.45, 7) is 0. The molecule has 0 spiro atoms. The van der Waals surface area contributed by atoms with Crippen molar-refractivity contribution in [3.63, 3.8) is 0 Å². The van der Waals surface area contributed by atoms with Crippen LogP contribution in [0.2, 0.25) is 10.0 Å². The van der Waals surface area contributed by atoms with E-state index in [2.05, 4.69) is 15.3 Å². The first-order chi connectivity index (χ1) is 9.13. The van der Waals surface area contributed by atoms with Gasteiger partial charge in [0.2, 0.25) is 5.95 Å². The zero-order valence-corrected chi connectivity index (χ0v) is 11.9. The second-order valence-corrected chi connectivity index (χ2v) is 5.56. The Bertz CT molecular complexity index is 757. The van der Waals surface area contributed by atoms with E-state index < -0.39 is 0 Å². The highest BCUT2D eigenvalue weighted by molar-refractivity contribution is 7.16. The third kappa shape index (κ3) is 2.45. The molecule has 4 nitrogen and oxygen atoms in total. The Morgan fingerprint density at radius 3 is 2.84 bits per heavy atom. The van der Waals surface area contributed by atoms with E-state index in [-0.39, 0.29) is 5.95 Å². The van der Waals surface area contributed by atoms with Gasteiger partial charge in [0, 0.05) is 5.02 Å². The Morgan fingerprint density at radius 1 is 1.16 bits per heavy atom. The molecule has 0 unspecified atom stereocenters. The van der Waals surface area contributed by atoms with Gasteiger partial charge in [0.25, 0.3) is 0 Å². The van der Waals surface area contributed by atoms with Crippen molar-refractivity contribution in [1.29, 1.82) is 0 Å². The summed E-state index contributed by atoms with van der Waals surface area (Å²) < 4.78 is 0. The molecule has 0 atom stereocenters. The van der Waals surface area contributed by atoms with Gasteiger partial charge in [-0.25, -0.2) is 4.98 Å². The normalized spacial score (nSPS) is 10.8. The zero-order valence-electron chi connectivity index (χ0n) is 9.52. The first-order valence-electron chi connectivity index (χ1n) is 5.36. The van der Waals surface area contributed by atoms with Crippen molar-refractivity contribution in [1.82, 2.24) is 9.97 Å². The van der Waals surface area contributed by atoms with Crippen LogP contribution >= 0.6 is 34.5 Å². The van der Waals surface area contributed by atoms with Crippen LogP contribution in [-0.4, -0.2) is 9.97 Å². The number of nitrogens with zero attached hydrogens (tertiary/aromatic N) is 2. The lowest BCUT2D eigenvalue weighted by molar-refractivity contribution is 1.24. The number of nitrogens with two attached hydrogens (primary N) is 1. The van der Waals surface area contributed by atoms with Crippen molar-refractivity contribution in [3.05, 3.63) is 39.7 Å². The van der Waals surface area contributed by atoms with Gasteiger partial charge in [-0.1, -0.05) is 23.2 Å². The zero-order chi connectivity index (χ0) is 13.4. The topological polar surface area (TPSA) is 63.8 Å². The van der Waals surface area contributed by atoms with E-state index in [0.29, 0.717) is 21.6 Å². The summed E-state index contributed by atoms with van der Waals surface area (Å²) in [5, 5.41) is 7.13. The van der Waals surface area contributed by atoms with Crippen LogP contribution in [0.3, 0.4) is 0 Å². The monoisotopic (exact) mass is 310 g/mol. The summed E-state index contributed by atoms with van der Waals surface area (Å²) in [6, 6.07) is 7.12. The minimum atomic E-state index is 0.218. The van der Waals surface area contributed by atoms with E-state index in [1.165, 1.54) is 11.3 Å². The number of benzene rings is 1. The molecule has 96 valence electrons. The average molecular weight is 311 g/mol. The molecular weight excluding hydrogens is 303 g/mol. The fraction of sp³-hybridized carbons (Fsp3) is 0. The van der Waals surface area contributed by atoms with Gasteiger partial charge < -0.3 is 11.1 Å². The van der Waals surface area contributed by atoms with E-state index in [0.717, 1.165) is 10.2 Å². The molecule has 1 aromatic carbocycles. The molecule has 3 rings (SSSR count). The SMILES string of the molecule is Nc1nc(Nc2cc(Cl)ccc2Cl)c2ccsc2n1. The fourth-order valence-corrected chi connectivity index (χ4v) is 2.80. The molecule has 3 aromatic rings. The summed E-state index contributed by atoms with van der Waals surface area (Å²) in [6.07, 6.45) is 0. The second kappa shape index (κ2) is 4.85. The molecule has 0 saturated heterocycles. The van der Waals surface area contributed by atoms with Crippen LogP contribution in [0.5, 0.6) is 0 Å². The molecule has 19 heavy (non-hydrogen) atoms. The van der Waals surface area contributed by atoms with Gasteiger partial charge in [-0.2, -0.15) is 4.98 Å². The molecule has 0 aliphatic heterocycles. The number of hydrogen-bond donors (Lipinski definition) is 2. The molecule has 2 aromatic heterocycles. The first-order valence-corrected chi connectivity index (χ1v) is 7.00. The maximum Gasteiger partial charge on any atom is 0.223 e. The number of nitrogen functional groups attached to an aromatic ring is 1. The standard InChI is InChI=1S/C12H8Cl2N4S/c13-6-1-2-8(14)9(5-6)16-10-7-3-4-19-11(7)18-12(15)17-10/h1-5H,(H3,15,16,17,18). The van der Waals surface area contributed by atoms with Gasteiger partial charge in [0.05, 0.1) is 16.1 Å². The summed E-state index contributed by atoms with van der Waals surface area (Å²) in [5.41, 5.74) is 6.37. The lowest BCUT2D eigenvalue weighted by Crippen LogP contribution is -2.00. The van der Waals surface area contributed by atoms with Crippen molar-refractivity contribution in [2.45, 2.75) is 0 Å². The van der Waals surface area contributed by atoms with E-state index in [1.807, 2.05) is 11.4 Å². The van der Waals surface area contributed by atoms with Crippen LogP contribution in [0, 0.1) is 0 Å². The lowest BCUT2D eigenvalue weighted by Gasteiger charge is -2.09. The highest BCUT2D eigenvalue weighted by Crippen LogP contribution is 2.32. The second-order valence-electron chi connectivity index (χ2n) is 3.82. The van der Waals surface area contributed by atoms with Gasteiger partial charge in [0.15, 0.2) is 0 Å². The van der Waals surface area contributed by atoms with Crippen LogP contribution in [0.25, 0.3) is 10.2 Å². The van der Waals surface area contributed by atoms with Crippen LogP contribution in [0.15, 0.2) is 29.6 Å². The molecule has 3 N–H and O–H groups in total. The molecule has 0 radical (unpaired) electrons. The van der Waals surface area contributed by atoms with Gasteiger partial charge in [-0.15, -0.1) is 11.3 Å². The molecule has 7 heteroatoms. The summed E-state index contributed by atoms with van der Waals surface area (Å²) >= 11 is 13.6. The fourth-order valence-electron chi connectivity index (χ4n) is 1.69. The number of aromatic nitrogens is 2. The number of hydrogen-bond acceptors (Lipinski definition) is 5. The summed E-state index contributed by atoms with van der Waals surface area (Å²) in [5.74, 6) is 0.837. The van der Waals surface area contributed by atoms with E-state index >= 15 is 0 Å². The molecule has 0 aliphatic rings.